The maximum absolute atomic E-state index is 14.3. The molecule has 4 rings (SSSR count). The lowest BCUT2D eigenvalue weighted by molar-refractivity contribution is -0.119. The summed E-state index contributed by atoms with van der Waals surface area (Å²) in [5, 5.41) is 4.39. The van der Waals surface area contributed by atoms with Crippen LogP contribution in [0.2, 0.25) is 10.0 Å². The zero-order chi connectivity index (χ0) is 27.4. The Bertz CT molecular complexity index is 1620. The Labute approximate surface area is 230 Å². The summed E-state index contributed by atoms with van der Waals surface area (Å²) < 4.78 is 43.8. The highest BCUT2D eigenvalue weighted by molar-refractivity contribution is 7.92. The van der Waals surface area contributed by atoms with E-state index in [0.29, 0.717) is 11.3 Å². The summed E-state index contributed by atoms with van der Waals surface area (Å²) in [7, 11) is -4.12. The third kappa shape index (κ3) is 5.75. The highest BCUT2D eigenvalue weighted by Crippen LogP contribution is 2.30. The van der Waals surface area contributed by atoms with Crippen molar-refractivity contribution >= 4 is 51.0 Å². The van der Waals surface area contributed by atoms with Gasteiger partial charge in [0.25, 0.3) is 15.9 Å². The molecule has 0 aliphatic carbocycles. The average Bonchev–Trinajstić information content (AvgIpc) is 3.17. The number of carbonyl (C=O) groups is 1. The van der Waals surface area contributed by atoms with Crippen LogP contribution in [0.3, 0.4) is 0 Å². The molecule has 7 nitrogen and oxygen atoms in total. The van der Waals surface area contributed by atoms with Gasteiger partial charge in [0.2, 0.25) is 0 Å². The molecule has 4 aromatic rings. The van der Waals surface area contributed by atoms with E-state index >= 15 is 0 Å². The number of hydrogen-bond acceptors (Lipinski definition) is 4. The van der Waals surface area contributed by atoms with E-state index in [1.807, 2.05) is 6.92 Å². The third-order valence-electron chi connectivity index (χ3n) is 5.77. The minimum Gasteiger partial charge on any atom is -0.315 e. The first-order valence-corrected chi connectivity index (χ1v) is 13.6. The molecule has 1 amide bonds. The Hall–Kier alpha value is -3.66. The summed E-state index contributed by atoms with van der Waals surface area (Å²) in [6.07, 6.45) is 1.42. The number of aromatic nitrogens is 1. The van der Waals surface area contributed by atoms with Gasteiger partial charge in [-0.05, 0) is 62.4 Å². The first kappa shape index (κ1) is 27.4. The molecular weight excluding hydrogens is 550 g/mol. The van der Waals surface area contributed by atoms with Crippen molar-refractivity contribution in [2.45, 2.75) is 18.7 Å². The molecule has 1 heterocycles. The highest BCUT2D eigenvalue weighted by atomic mass is 35.5. The topological polar surface area (TPSA) is 83.8 Å². The van der Waals surface area contributed by atoms with E-state index in [0.717, 1.165) is 15.7 Å². The zero-order valence-corrected chi connectivity index (χ0v) is 22.7. The van der Waals surface area contributed by atoms with Crippen molar-refractivity contribution in [1.29, 1.82) is 0 Å². The lowest BCUT2D eigenvalue weighted by atomic mass is 10.2. The third-order valence-corrected chi connectivity index (χ3v) is 8.29. The van der Waals surface area contributed by atoms with Crippen LogP contribution in [0.5, 0.6) is 0 Å². The molecule has 1 aromatic heterocycles. The Balaban J connectivity index is 1.57. The average molecular weight is 573 g/mol. The minimum absolute atomic E-state index is 0.00274. The van der Waals surface area contributed by atoms with Crippen molar-refractivity contribution in [3.63, 3.8) is 0 Å². The molecule has 0 bridgehead atoms. The van der Waals surface area contributed by atoms with Crippen molar-refractivity contribution < 1.29 is 17.6 Å². The summed E-state index contributed by atoms with van der Waals surface area (Å²) in [5.41, 5.74) is 5.08. The van der Waals surface area contributed by atoms with Gasteiger partial charge >= 0.3 is 0 Å². The fraction of sp³-hybridized carbons (Fsp3) is 0.111. The van der Waals surface area contributed by atoms with Crippen LogP contribution >= 0.6 is 23.2 Å². The van der Waals surface area contributed by atoms with Gasteiger partial charge in [-0.15, -0.1) is 0 Å². The molecule has 38 heavy (non-hydrogen) atoms. The number of halogens is 3. The van der Waals surface area contributed by atoms with Crippen LogP contribution in [-0.2, 0) is 14.8 Å². The number of para-hydroxylation sites is 1. The molecule has 0 saturated carbocycles. The second-order valence-electron chi connectivity index (χ2n) is 8.33. The van der Waals surface area contributed by atoms with Gasteiger partial charge in [0, 0.05) is 17.0 Å². The molecule has 3 aromatic carbocycles. The first-order chi connectivity index (χ1) is 18.1. The van der Waals surface area contributed by atoms with Gasteiger partial charge in [0.15, 0.2) is 0 Å². The standard InChI is InChI=1S/C27H23Cl2FN4O3S/c1-18-14-20(19(2)34(18)26-11-7-6-10-25(26)30)16-31-32-27(35)17-33(21-12-13-23(28)24(29)15-21)38(36,37)22-8-4-3-5-9-22/h3-16H,17H2,1-2H3,(H,32,35)/b31-16-. The maximum Gasteiger partial charge on any atom is 0.264 e. The number of nitrogens with one attached hydrogen (secondary N) is 1. The number of sulfonamides is 1. The fourth-order valence-electron chi connectivity index (χ4n) is 3.94. The lowest BCUT2D eigenvalue weighted by Gasteiger charge is -2.24. The summed E-state index contributed by atoms with van der Waals surface area (Å²) in [6, 6.07) is 20.2. The van der Waals surface area contributed by atoms with Gasteiger partial charge in [-0.3, -0.25) is 9.10 Å². The number of hydrazone groups is 1. The molecule has 0 unspecified atom stereocenters. The van der Waals surface area contributed by atoms with Gasteiger partial charge in [-0.1, -0.05) is 53.5 Å². The van der Waals surface area contributed by atoms with Crippen LogP contribution in [0.1, 0.15) is 17.0 Å². The second-order valence-corrected chi connectivity index (χ2v) is 11.0. The van der Waals surface area contributed by atoms with Crippen LogP contribution < -0.4 is 9.73 Å². The molecule has 196 valence electrons. The Morgan fingerprint density at radius 3 is 2.37 bits per heavy atom. The molecule has 0 spiro atoms. The van der Waals surface area contributed by atoms with E-state index in [9.17, 15) is 17.6 Å². The summed E-state index contributed by atoms with van der Waals surface area (Å²) in [4.78, 5) is 12.8. The van der Waals surface area contributed by atoms with Crippen molar-refractivity contribution in [3.8, 4) is 5.69 Å². The van der Waals surface area contributed by atoms with Crippen molar-refractivity contribution in [1.82, 2.24) is 9.99 Å². The molecule has 0 aliphatic heterocycles. The number of amides is 1. The molecule has 0 saturated heterocycles. The monoisotopic (exact) mass is 572 g/mol. The smallest absolute Gasteiger partial charge is 0.264 e. The van der Waals surface area contributed by atoms with Crippen molar-refractivity contribution in [3.05, 3.63) is 112 Å². The van der Waals surface area contributed by atoms with Gasteiger partial charge < -0.3 is 4.57 Å². The van der Waals surface area contributed by atoms with Gasteiger partial charge in [-0.2, -0.15) is 5.10 Å². The van der Waals surface area contributed by atoms with Gasteiger partial charge in [0.1, 0.15) is 12.4 Å². The Kier molecular flexibility index (Phi) is 8.20. The number of hydrogen-bond donors (Lipinski definition) is 1. The van der Waals surface area contributed by atoms with E-state index in [2.05, 4.69) is 10.5 Å². The van der Waals surface area contributed by atoms with Gasteiger partial charge in [0.05, 0.1) is 32.5 Å². The SMILES string of the molecule is Cc1cc(/C=N\NC(=O)CN(c2ccc(Cl)c(Cl)c2)S(=O)(=O)c2ccccc2)c(C)n1-c1ccccc1F. The summed E-state index contributed by atoms with van der Waals surface area (Å²) in [6.45, 7) is 3.07. The normalized spacial score (nSPS) is 11.6. The number of anilines is 1. The van der Waals surface area contributed by atoms with E-state index in [4.69, 9.17) is 23.2 Å². The Morgan fingerprint density at radius 1 is 1.00 bits per heavy atom. The van der Waals surface area contributed by atoms with Crippen LogP contribution in [0.4, 0.5) is 10.1 Å². The summed E-state index contributed by atoms with van der Waals surface area (Å²) in [5.74, 6) is -1.05. The second kappa shape index (κ2) is 11.4. The highest BCUT2D eigenvalue weighted by Gasteiger charge is 2.27. The van der Waals surface area contributed by atoms with E-state index in [1.165, 1.54) is 42.6 Å². The van der Waals surface area contributed by atoms with E-state index in [1.54, 1.807) is 54.0 Å². The first-order valence-electron chi connectivity index (χ1n) is 11.4. The molecular formula is C27H23Cl2FN4O3S. The minimum atomic E-state index is -4.12. The van der Waals surface area contributed by atoms with E-state index < -0.39 is 22.5 Å². The predicted molar refractivity (Wildman–Crippen MR) is 148 cm³/mol. The van der Waals surface area contributed by atoms with Crippen LogP contribution in [0.15, 0.2) is 88.9 Å². The number of carbonyl (C=O) groups excluding carboxylic acids is 1. The van der Waals surface area contributed by atoms with Crippen LogP contribution in [0, 0.1) is 19.7 Å². The largest absolute Gasteiger partial charge is 0.315 e. The quantitative estimate of drug-likeness (QED) is 0.211. The predicted octanol–water partition coefficient (Wildman–Crippen LogP) is 5.89. The molecule has 0 atom stereocenters. The number of nitrogens with zero attached hydrogens (tertiary/aromatic N) is 3. The van der Waals surface area contributed by atoms with Crippen LogP contribution in [0.25, 0.3) is 5.69 Å². The fourth-order valence-corrected chi connectivity index (χ4v) is 5.66. The number of aryl methyl sites for hydroxylation is 1. The van der Waals surface area contributed by atoms with E-state index in [-0.39, 0.29) is 26.4 Å². The lowest BCUT2D eigenvalue weighted by Crippen LogP contribution is -2.39. The summed E-state index contributed by atoms with van der Waals surface area (Å²) >= 11 is 12.1. The molecule has 11 heteroatoms. The molecule has 0 radical (unpaired) electrons. The van der Waals surface area contributed by atoms with Crippen molar-refractivity contribution in [2.75, 3.05) is 10.8 Å². The number of rotatable bonds is 8. The number of benzene rings is 3. The Morgan fingerprint density at radius 2 is 1.68 bits per heavy atom. The molecule has 0 fully saturated rings. The molecule has 1 N–H and O–H groups in total. The van der Waals surface area contributed by atoms with Crippen LogP contribution in [-0.4, -0.2) is 31.7 Å². The maximum atomic E-state index is 14.3. The molecule has 0 aliphatic rings. The van der Waals surface area contributed by atoms with Crippen molar-refractivity contribution in [2.24, 2.45) is 5.10 Å². The zero-order valence-electron chi connectivity index (χ0n) is 20.4. The van der Waals surface area contributed by atoms with Gasteiger partial charge in [-0.25, -0.2) is 18.2 Å².